The van der Waals surface area contributed by atoms with Crippen LogP contribution in [0.3, 0.4) is 0 Å². The molecule has 0 spiro atoms. The molecule has 0 aliphatic carbocycles. The third-order valence-corrected chi connectivity index (χ3v) is 2.80. The smallest absolute Gasteiger partial charge is 0.216 e. The molecule has 2 aromatic rings. The number of nitrogens with one attached hydrogen (secondary N) is 1. The molecule has 0 saturated carbocycles. The summed E-state index contributed by atoms with van der Waals surface area (Å²) in [5.41, 5.74) is 7.50. The zero-order valence-electron chi connectivity index (χ0n) is 12.2. The van der Waals surface area contributed by atoms with Gasteiger partial charge in [-0.3, -0.25) is 0 Å². The van der Waals surface area contributed by atoms with Gasteiger partial charge in [-0.1, -0.05) is 6.07 Å². The number of hydrogen-bond donors (Lipinski definition) is 2. The zero-order chi connectivity index (χ0) is 14.5. The minimum absolute atomic E-state index is 0. The fourth-order valence-corrected chi connectivity index (χ4v) is 1.65. The van der Waals surface area contributed by atoms with Crippen molar-refractivity contribution in [1.82, 2.24) is 4.98 Å². The number of guanidine groups is 1. The molecular weight excluding hydrogens is 383 g/mol. The number of anilines is 1. The largest absolute Gasteiger partial charge is 0.497 e. The summed E-state index contributed by atoms with van der Waals surface area (Å²) in [7, 11) is 1.61. The third kappa shape index (κ3) is 4.92. The van der Waals surface area contributed by atoms with Gasteiger partial charge < -0.3 is 20.2 Å². The molecule has 1 heterocycles. The first-order valence-electron chi connectivity index (χ1n) is 6.22. The summed E-state index contributed by atoms with van der Waals surface area (Å²) in [6.07, 6.45) is 0. The normalized spacial score (nSPS) is 10.9. The van der Waals surface area contributed by atoms with E-state index in [4.69, 9.17) is 14.9 Å². The maximum absolute atomic E-state index is 5.82. The Morgan fingerprint density at radius 3 is 2.81 bits per heavy atom. The highest BCUT2D eigenvalue weighted by atomic mass is 127. The number of halogens is 1. The molecule has 0 atom stereocenters. The third-order valence-electron chi connectivity index (χ3n) is 2.80. The number of oxazole rings is 1. The molecule has 1 aromatic carbocycles. The molecule has 0 saturated heterocycles. The summed E-state index contributed by atoms with van der Waals surface area (Å²) in [6.45, 7) is 4.06. The number of aliphatic imine (C=N–C) groups is 1. The summed E-state index contributed by atoms with van der Waals surface area (Å²) in [5, 5.41) is 2.99. The molecule has 7 heteroatoms. The highest BCUT2D eigenvalue weighted by molar-refractivity contribution is 14.0. The molecule has 3 N–H and O–H groups in total. The van der Waals surface area contributed by atoms with Gasteiger partial charge >= 0.3 is 0 Å². The maximum Gasteiger partial charge on any atom is 0.216 e. The Morgan fingerprint density at radius 1 is 1.43 bits per heavy atom. The highest BCUT2D eigenvalue weighted by Gasteiger charge is 2.04. The molecular formula is C14H19IN4O2. The van der Waals surface area contributed by atoms with E-state index < -0.39 is 0 Å². The summed E-state index contributed by atoms with van der Waals surface area (Å²) in [4.78, 5) is 8.43. The topological polar surface area (TPSA) is 85.7 Å². The molecule has 0 amide bonds. The summed E-state index contributed by atoms with van der Waals surface area (Å²) < 4.78 is 10.6. The van der Waals surface area contributed by atoms with Crippen molar-refractivity contribution in [3.05, 3.63) is 41.6 Å². The van der Waals surface area contributed by atoms with Crippen molar-refractivity contribution in [2.24, 2.45) is 10.7 Å². The Labute approximate surface area is 140 Å². The van der Waals surface area contributed by atoms with Gasteiger partial charge in [0.2, 0.25) is 5.89 Å². The molecule has 2 rings (SSSR count). The molecule has 6 nitrogen and oxygen atoms in total. The molecule has 21 heavy (non-hydrogen) atoms. The molecule has 0 aliphatic rings. The average molecular weight is 402 g/mol. The fraction of sp³-hybridized carbons (Fsp3) is 0.286. The molecule has 0 unspecified atom stereocenters. The number of methoxy groups -OCH3 is 1. The lowest BCUT2D eigenvalue weighted by Crippen LogP contribution is -2.22. The summed E-state index contributed by atoms with van der Waals surface area (Å²) in [5.74, 6) is 2.40. The predicted octanol–water partition coefficient (Wildman–Crippen LogP) is 2.84. The Morgan fingerprint density at radius 2 is 2.19 bits per heavy atom. The van der Waals surface area contributed by atoms with Gasteiger partial charge in [-0.05, 0) is 26.0 Å². The number of nitrogens with two attached hydrogens (primary N) is 1. The van der Waals surface area contributed by atoms with Gasteiger partial charge in [-0.15, -0.1) is 24.0 Å². The monoisotopic (exact) mass is 402 g/mol. The van der Waals surface area contributed by atoms with Crippen LogP contribution in [0.2, 0.25) is 0 Å². The lowest BCUT2D eigenvalue weighted by atomic mass is 10.3. The minimum Gasteiger partial charge on any atom is -0.497 e. The zero-order valence-corrected chi connectivity index (χ0v) is 14.5. The number of nitrogens with zero attached hydrogens (tertiary/aromatic N) is 2. The van der Waals surface area contributed by atoms with E-state index in [0.29, 0.717) is 18.4 Å². The van der Waals surface area contributed by atoms with E-state index in [9.17, 15) is 0 Å². The van der Waals surface area contributed by atoms with Crippen LogP contribution in [0.25, 0.3) is 0 Å². The van der Waals surface area contributed by atoms with Gasteiger partial charge in [0, 0.05) is 11.8 Å². The van der Waals surface area contributed by atoms with Crippen molar-refractivity contribution in [3.63, 3.8) is 0 Å². The summed E-state index contributed by atoms with van der Waals surface area (Å²) >= 11 is 0. The summed E-state index contributed by atoms with van der Waals surface area (Å²) in [6, 6.07) is 7.44. The van der Waals surface area contributed by atoms with E-state index >= 15 is 0 Å². The van der Waals surface area contributed by atoms with Crippen LogP contribution in [0.15, 0.2) is 33.7 Å². The lowest BCUT2D eigenvalue weighted by molar-refractivity contribution is 0.415. The number of hydrogen-bond acceptors (Lipinski definition) is 4. The average Bonchev–Trinajstić information content (AvgIpc) is 2.76. The van der Waals surface area contributed by atoms with Gasteiger partial charge in [0.05, 0.1) is 12.8 Å². The van der Waals surface area contributed by atoms with E-state index in [1.165, 1.54) is 0 Å². The van der Waals surface area contributed by atoms with Crippen molar-refractivity contribution in [2.45, 2.75) is 20.4 Å². The van der Waals surface area contributed by atoms with E-state index in [2.05, 4.69) is 15.3 Å². The van der Waals surface area contributed by atoms with Gasteiger partial charge in [-0.2, -0.15) is 0 Å². The molecule has 0 radical (unpaired) electrons. The molecule has 0 fully saturated rings. The number of aryl methyl sites for hydroxylation is 2. The number of aromatic nitrogens is 1. The quantitative estimate of drug-likeness (QED) is 0.467. The van der Waals surface area contributed by atoms with E-state index in [1.54, 1.807) is 7.11 Å². The molecule has 1 aromatic heterocycles. The van der Waals surface area contributed by atoms with E-state index in [1.807, 2.05) is 38.1 Å². The second-order valence-electron chi connectivity index (χ2n) is 4.31. The second kappa shape index (κ2) is 7.87. The van der Waals surface area contributed by atoms with Crippen molar-refractivity contribution in [2.75, 3.05) is 12.4 Å². The Bertz CT molecular complexity index is 606. The van der Waals surface area contributed by atoms with Gasteiger partial charge in [0.1, 0.15) is 18.1 Å². The Balaban J connectivity index is 0.00000220. The van der Waals surface area contributed by atoms with Crippen LogP contribution in [0, 0.1) is 13.8 Å². The Kier molecular flexibility index (Phi) is 6.47. The van der Waals surface area contributed by atoms with Crippen LogP contribution in [-0.2, 0) is 6.54 Å². The first-order valence-corrected chi connectivity index (χ1v) is 6.22. The first-order chi connectivity index (χ1) is 9.58. The van der Waals surface area contributed by atoms with Crippen molar-refractivity contribution in [1.29, 1.82) is 0 Å². The van der Waals surface area contributed by atoms with Crippen molar-refractivity contribution < 1.29 is 9.15 Å². The van der Waals surface area contributed by atoms with E-state index in [0.717, 1.165) is 22.9 Å². The van der Waals surface area contributed by atoms with Crippen molar-refractivity contribution >= 4 is 35.6 Å². The van der Waals surface area contributed by atoms with Crippen LogP contribution in [0.5, 0.6) is 5.75 Å². The van der Waals surface area contributed by atoms with Crippen LogP contribution < -0.4 is 15.8 Å². The number of rotatable bonds is 4. The predicted molar refractivity (Wildman–Crippen MR) is 93.3 cm³/mol. The van der Waals surface area contributed by atoms with Crippen LogP contribution in [0.1, 0.15) is 17.3 Å². The number of benzene rings is 1. The standard InChI is InChI=1S/C14H18N4O2.HI/c1-9-10(2)20-13(17-9)8-16-14(15)18-11-5-4-6-12(7-11)19-3;/h4-7H,8H2,1-3H3,(H3,15,16,18);1H. The fourth-order valence-electron chi connectivity index (χ4n) is 1.65. The Hall–Kier alpha value is -1.77. The van der Waals surface area contributed by atoms with Gasteiger partial charge in [-0.25, -0.2) is 9.98 Å². The maximum atomic E-state index is 5.82. The lowest BCUT2D eigenvalue weighted by Gasteiger charge is -2.06. The number of ether oxygens (including phenoxy) is 1. The van der Waals surface area contributed by atoms with Crippen LogP contribution in [-0.4, -0.2) is 18.1 Å². The van der Waals surface area contributed by atoms with Crippen molar-refractivity contribution in [3.8, 4) is 5.75 Å². The SMILES string of the molecule is COc1cccc(NC(N)=NCc2nc(C)c(C)o2)c1.I. The molecule has 0 bridgehead atoms. The van der Waals surface area contributed by atoms with Crippen LogP contribution in [0.4, 0.5) is 5.69 Å². The van der Waals surface area contributed by atoms with Gasteiger partial charge in [0.15, 0.2) is 5.96 Å². The van der Waals surface area contributed by atoms with Gasteiger partial charge in [0.25, 0.3) is 0 Å². The molecule has 0 aliphatic heterocycles. The molecule has 114 valence electrons. The minimum atomic E-state index is 0. The first kappa shape index (κ1) is 17.3. The van der Waals surface area contributed by atoms with E-state index in [-0.39, 0.29) is 24.0 Å². The van der Waals surface area contributed by atoms with Crippen LogP contribution >= 0.6 is 24.0 Å². The highest BCUT2D eigenvalue weighted by Crippen LogP contribution is 2.16. The second-order valence-corrected chi connectivity index (χ2v) is 4.31.